The minimum Gasteiger partial charge on any atom is -0.455 e. The number of rotatable bonds is 5. The van der Waals surface area contributed by atoms with Gasteiger partial charge in [0.2, 0.25) is 0 Å². The van der Waals surface area contributed by atoms with Crippen LogP contribution in [0.4, 0.5) is 17.1 Å². The van der Waals surface area contributed by atoms with Crippen LogP contribution in [0.3, 0.4) is 0 Å². The first kappa shape index (κ1) is 23.7. The van der Waals surface area contributed by atoms with E-state index in [9.17, 15) is 5.48 Å². The van der Waals surface area contributed by atoms with Crippen LogP contribution < -0.4 is 4.90 Å². The first-order valence-corrected chi connectivity index (χ1v) is 16.4. The van der Waals surface area contributed by atoms with Crippen LogP contribution in [0.2, 0.25) is 0 Å². The van der Waals surface area contributed by atoms with Gasteiger partial charge < -0.3 is 13.9 Å². The van der Waals surface area contributed by atoms with Gasteiger partial charge in [-0.1, -0.05) is 121 Å². The molecule has 0 atom stereocenters. The highest BCUT2D eigenvalue weighted by Crippen LogP contribution is 2.45. The number of hydrogen-bond donors (Lipinski definition) is 0. The number of anilines is 3. The molecule has 0 spiro atoms. The fourth-order valence-corrected chi connectivity index (χ4v) is 7.25. The smallest absolute Gasteiger partial charge is 0.143 e. The summed E-state index contributed by atoms with van der Waals surface area (Å²) in [5.74, 6) is 0. The minimum absolute atomic E-state index is 0.106. The Labute approximate surface area is 289 Å². The Hall–Kier alpha value is -6.58. The molecule has 0 saturated heterocycles. The molecule has 3 nitrogen and oxygen atoms in total. The highest BCUT2D eigenvalue weighted by atomic mass is 16.3. The zero-order chi connectivity index (χ0) is 35.8. The van der Waals surface area contributed by atoms with Gasteiger partial charge in [-0.3, -0.25) is 0 Å². The van der Waals surface area contributed by atoms with Gasteiger partial charge in [-0.2, -0.15) is 0 Å². The van der Waals surface area contributed by atoms with Gasteiger partial charge in [0.15, 0.2) is 0 Å². The van der Waals surface area contributed by atoms with Crippen molar-refractivity contribution in [3.05, 3.63) is 182 Å². The molecule has 49 heavy (non-hydrogen) atoms. The lowest BCUT2D eigenvalue weighted by molar-refractivity contribution is 0.672. The number of aromatic nitrogens is 1. The van der Waals surface area contributed by atoms with Crippen molar-refractivity contribution in [3.63, 3.8) is 0 Å². The molecule has 10 rings (SSSR count). The highest BCUT2D eigenvalue weighted by Gasteiger charge is 2.21. The molecule has 0 aliphatic rings. The van der Waals surface area contributed by atoms with E-state index in [1.807, 2.05) is 89.8 Å². The fraction of sp³-hybridized carbons (Fsp3) is 0. The Morgan fingerprint density at radius 1 is 0.490 bits per heavy atom. The van der Waals surface area contributed by atoms with E-state index in [2.05, 4.69) is 77.4 Å². The average molecular weight is 631 g/mol. The number of benzene rings is 8. The zero-order valence-electron chi connectivity index (χ0n) is 30.3. The van der Waals surface area contributed by atoms with Gasteiger partial charge in [0.25, 0.3) is 0 Å². The van der Waals surface area contributed by atoms with Crippen molar-refractivity contribution in [1.82, 2.24) is 4.57 Å². The van der Waals surface area contributed by atoms with E-state index in [4.69, 9.17) is 4.42 Å². The number of hydrogen-bond acceptors (Lipinski definition) is 2. The second-order valence-electron chi connectivity index (χ2n) is 12.2. The second-order valence-corrected chi connectivity index (χ2v) is 12.2. The maximum absolute atomic E-state index is 9.54. The van der Waals surface area contributed by atoms with Crippen LogP contribution in [0.1, 0.15) is 5.48 Å². The Morgan fingerprint density at radius 3 is 1.94 bits per heavy atom. The Kier molecular flexibility index (Phi) is 5.32. The molecule has 0 saturated carbocycles. The van der Waals surface area contributed by atoms with Gasteiger partial charge >= 0.3 is 0 Å². The van der Waals surface area contributed by atoms with Crippen molar-refractivity contribution >= 4 is 71.6 Å². The molecule has 2 aromatic heterocycles. The Morgan fingerprint density at radius 2 is 1.16 bits per heavy atom. The molecule has 0 fully saturated rings. The van der Waals surface area contributed by atoms with Crippen molar-refractivity contribution < 1.29 is 9.90 Å². The largest absolute Gasteiger partial charge is 0.455 e. The van der Waals surface area contributed by atoms with Gasteiger partial charge in [-0.15, -0.1) is 0 Å². The molecule has 0 N–H and O–H groups in total. The molecule has 230 valence electrons. The lowest BCUT2D eigenvalue weighted by Gasteiger charge is -2.27. The van der Waals surface area contributed by atoms with Crippen LogP contribution in [-0.4, -0.2) is 4.57 Å². The standard InChI is InChI=1S/C46H30N2O/c1-2-12-31(13-3-1)32-24-27-34(28-25-32)47(43-22-11-23-44-45(43)40-29-26-33-14-4-5-17-37(33)46(40)49-44)35-15-10-16-36(30-35)48-41-20-8-6-18-38(41)39-19-7-9-21-42(39)48/h1-30H/i24D,25D,27D,28D. The Balaban J connectivity index is 1.29. The highest BCUT2D eigenvalue weighted by molar-refractivity contribution is 6.19. The van der Waals surface area contributed by atoms with Crippen molar-refractivity contribution in [2.75, 3.05) is 4.90 Å². The monoisotopic (exact) mass is 630 g/mol. The summed E-state index contributed by atoms with van der Waals surface area (Å²) in [6, 6.07) is 51.6. The number of para-hydroxylation sites is 2. The van der Waals surface area contributed by atoms with E-state index in [0.29, 0.717) is 22.5 Å². The molecule has 0 bridgehead atoms. The minimum atomic E-state index is -0.137. The van der Waals surface area contributed by atoms with Crippen LogP contribution in [-0.2, 0) is 0 Å². The quantitative estimate of drug-likeness (QED) is 0.189. The predicted molar refractivity (Wildman–Crippen MR) is 206 cm³/mol. The third-order valence-electron chi connectivity index (χ3n) is 9.43. The molecule has 0 aliphatic heterocycles. The molecule has 10 aromatic rings. The van der Waals surface area contributed by atoms with E-state index >= 15 is 0 Å². The van der Waals surface area contributed by atoms with Crippen molar-refractivity contribution in [3.8, 4) is 16.8 Å². The third-order valence-corrected chi connectivity index (χ3v) is 9.43. The maximum atomic E-state index is 9.54. The summed E-state index contributed by atoms with van der Waals surface area (Å²) >= 11 is 0. The summed E-state index contributed by atoms with van der Waals surface area (Å²) in [5, 5.41) is 6.05. The summed E-state index contributed by atoms with van der Waals surface area (Å²) in [6.07, 6.45) is 0. The van der Waals surface area contributed by atoms with E-state index in [1.165, 1.54) is 0 Å². The lowest BCUT2D eigenvalue weighted by atomic mass is 10.0. The van der Waals surface area contributed by atoms with E-state index in [0.717, 1.165) is 54.6 Å². The predicted octanol–water partition coefficient (Wildman–Crippen LogP) is 13.0. The van der Waals surface area contributed by atoms with Gasteiger partial charge in [0.1, 0.15) is 11.2 Å². The van der Waals surface area contributed by atoms with Crippen molar-refractivity contribution in [1.29, 1.82) is 0 Å². The van der Waals surface area contributed by atoms with Crippen LogP contribution in [0.15, 0.2) is 186 Å². The van der Waals surface area contributed by atoms with Crippen LogP contribution >= 0.6 is 0 Å². The van der Waals surface area contributed by atoms with Crippen molar-refractivity contribution in [2.24, 2.45) is 0 Å². The van der Waals surface area contributed by atoms with Gasteiger partial charge in [-0.25, -0.2) is 0 Å². The SMILES string of the molecule is [2H]c1c([2H])c(N(c2cccc(-n3c4ccccc4c4ccccc43)c2)c2cccc3oc4c5ccccc5ccc4c23)c([2H])c([2H])c1-c1ccccc1. The zero-order valence-corrected chi connectivity index (χ0v) is 26.3. The third kappa shape index (κ3) is 4.37. The first-order valence-electron chi connectivity index (χ1n) is 18.4. The summed E-state index contributed by atoms with van der Waals surface area (Å²) < 4.78 is 46.5. The van der Waals surface area contributed by atoms with Gasteiger partial charge in [0.05, 0.1) is 27.6 Å². The molecule has 0 radical (unpaired) electrons. The van der Waals surface area contributed by atoms with Gasteiger partial charge in [0, 0.05) is 38.6 Å². The summed E-state index contributed by atoms with van der Waals surface area (Å²) in [6.45, 7) is 0. The normalized spacial score (nSPS) is 12.8. The second kappa shape index (κ2) is 11.0. The molecule has 2 heterocycles. The average Bonchev–Trinajstić information content (AvgIpc) is 3.76. The molecule has 0 aliphatic carbocycles. The number of furan rings is 1. The van der Waals surface area contributed by atoms with E-state index in [1.54, 1.807) is 0 Å². The molecule has 0 unspecified atom stereocenters. The van der Waals surface area contributed by atoms with Crippen LogP contribution in [0.25, 0.3) is 71.3 Å². The molecule has 3 heteroatoms. The number of fused-ring (bicyclic) bond motifs is 8. The summed E-state index contributed by atoms with van der Waals surface area (Å²) in [5.41, 5.74) is 6.85. The van der Waals surface area contributed by atoms with Crippen LogP contribution in [0, 0.1) is 0 Å². The first-order chi connectivity index (χ1) is 26.0. The van der Waals surface area contributed by atoms with E-state index in [-0.39, 0.29) is 35.4 Å². The summed E-state index contributed by atoms with van der Waals surface area (Å²) in [7, 11) is 0. The van der Waals surface area contributed by atoms with Crippen molar-refractivity contribution in [2.45, 2.75) is 0 Å². The molecular formula is C46H30N2O. The number of nitrogens with zero attached hydrogens (tertiary/aromatic N) is 2. The topological polar surface area (TPSA) is 21.3 Å². The lowest BCUT2D eigenvalue weighted by Crippen LogP contribution is -2.11. The van der Waals surface area contributed by atoms with E-state index < -0.39 is 0 Å². The van der Waals surface area contributed by atoms with Gasteiger partial charge in [-0.05, 0) is 77.1 Å². The molecule has 0 amide bonds. The van der Waals surface area contributed by atoms with Crippen LogP contribution in [0.5, 0.6) is 0 Å². The Bertz CT molecular complexity index is 2990. The molecule has 8 aromatic carbocycles. The summed E-state index contributed by atoms with van der Waals surface area (Å²) in [4.78, 5) is 1.87. The maximum Gasteiger partial charge on any atom is 0.143 e. The molecular weight excluding hydrogens is 597 g/mol. The fourth-order valence-electron chi connectivity index (χ4n) is 7.25.